The molecule has 1 aromatic heterocycles. The van der Waals surface area contributed by atoms with Crippen molar-refractivity contribution in [3.8, 4) is 17.2 Å². The van der Waals surface area contributed by atoms with Crippen molar-refractivity contribution in [2.24, 2.45) is 0 Å². The summed E-state index contributed by atoms with van der Waals surface area (Å²) in [4.78, 5) is 26.1. The third kappa shape index (κ3) is 6.08. The van der Waals surface area contributed by atoms with E-state index in [0.29, 0.717) is 5.56 Å². The Balaban J connectivity index is 1.67. The molecular weight excluding hydrogens is 474 g/mol. The third-order valence-electron chi connectivity index (χ3n) is 4.92. The van der Waals surface area contributed by atoms with Crippen LogP contribution >= 0.6 is 0 Å². The van der Waals surface area contributed by atoms with E-state index < -0.39 is 36.0 Å². The Morgan fingerprint density at radius 1 is 1.06 bits per heavy atom. The van der Waals surface area contributed by atoms with Crippen LogP contribution < -0.4 is 9.47 Å². The minimum absolute atomic E-state index is 0.0414. The highest BCUT2D eigenvalue weighted by atomic mass is 19.4. The number of methoxy groups -OCH3 is 2. The van der Waals surface area contributed by atoms with Gasteiger partial charge in [-0.05, 0) is 35.9 Å². The van der Waals surface area contributed by atoms with Crippen molar-refractivity contribution < 1.29 is 41.4 Å². The van der Waals surface area contributed by atoms with Gasteiger partial charge in [-0.25, -0.2) is 13.9 Å². The molecule has 8 nitrogen and oxygen atoms in total. The predicted molar refractivity (Wildman–Crippen MR) is 115 cm³/mol. The zero-order chi connectivity index (χ0) is 25.8. The van der Waals surface area contributed by atoms with Crippen LogP contribution in [-0.2, 0) is 22.3 Å². The van der Waals surface area contributed by atoms with Crippen molar-refractivity contribution >= 4 is 11.9 Å². The van der Waals surface area contributed by atoms with Gasteiger partial charge in [0.05, 0.1) is 31.7 Å². The number of carbonyl (C=O) groups excluding carboxylic acids is 2. The molecule has 12 heteroatoms. The number of nitrogens with zero attached hydrogens (tertiary/aromatic N) is 3. The smallest absolute Gasteiger partial charge is 0.416 e. The summed E-state index contributed by atoms with van der Waals surface area (Å²) in [6, 6.07) is 8.58. The summed E-state index contributed by atoms with van der Waals surface area (Å²) in [5.74, 6) is -2.16. The molecule has 186 valence electrons. The Labute approximate surface area is 197 Å². The van der Waals surface area contributed by atoms with Crippen molar-refractivity contribution in [3.63, 3.8) is 0 Å². The van der Waals surface area contributed by atoms with Crippen molar-refractivity contribution in [1.29, 1.82) is 0 Å². The zero-order valence-electron chi connectivity index (χ0n) is 18.9. The van der Waals surface area contributed by atoms with E-state index in [2.05, 4.69) is 5.10 Å². The Morgan fingerprint density at radius 2 is 1.77 bits per heavy atom. The summed E-state index contributed by atoms with van der Waals surface area (Å²) in [5, 5.41) is 3.96. The van der Waals surface area contributed by atoms with Crippen LogP contribution in [0.5, 0.6) is 11.5 Å². The number of hydrogen-bond acceptors (Lipinski definition) is 6. The summed E-state index contributed by atoms with van der Waals surface area (Å²) in [6.07, 6.45) is -3.34. The Bertz CT molecular complexity index is 1230. The van der Waals surface area contributed by atoms with Gasteiger partial charge >= 0.3 is 12.1 Å². The number of alkyl halides is 3. The van der Waals surface area contributed by atoms with Crippen LogP contribution in [0.15, 0.2) is 48.7 Å². The molecule has 35 heavy (non-hydrogen) atoms. The lowest BCUT2D eigenvalue weighted by Gasteiger charge is -2.17. The largest absolute Gasteiger partial charge is 0.494 e. The lowest BCUT2D eigenvalue weighted by atomic mass is 10.2. The first-order valence-electron chi connectivity index (χ1n) is 10.1. The van der Waals surface area contributed by atoms with Crippen molar-refractivity contribution in [2.45, 2.75) is 12.7 Å². The molecule has 0 spiro atoms. The lowest BCUT2D eigenvalue weighted by molar-refractivity contribution is -0.137. The molecule has 0 bridgehead atoms. The van der Waals surface area contributed by atoms with Gasteiger partial charge in [0.1, 0.15) is 0 Å². The Kier molecular flexibility index (Phi) is 7.62. The second-order valence-corrected chi connectivity index (χ2v) is 7.33. The highest BCUT2D eigenvalue weighted by Gasteiger charge is 2.31. The minimum Gasteiger partial charge on any atom is -0.494 e. The van der Waals surface area contributed by atoms with E-state index in [1.807, 2.05) is 0 Å². The van der Waals surface area contributed by atoms with Crippen molar-refractivity contribution in [3.05, 3.63) is 71.3 Å². The molecule has 0 N–H and O–H groups in total. The van der Waals surface area contributed by atoms with Crippen LogP contribution in [0.1, 0.15) is 21.6 Å². The van der Waals surface area contributed by atoms with Crippen molar-refractivity contribution in [2.75, 3.05) is 27.9 Å². The molecule has 0 saturated carbocycles. The molecule has 0 radical (unpaired) electrons. The second-order valence-electron chi connectivity index (χ2n) is 7.33. The minimum atomic E-state index is -4.56. The van der Waals surface area contributed by atoms with E-state index in [9.17, 15) is 27.2 Å². The van der Waals surface area contributed by atoms with Gasteiger partial charge < -0.3 is 19.1 Å². The first kappa shape index (κ1) is 25.5. The van der Waals surface area contributed by atoms with Gasteiger partial charge in [0.15, 0.2) is 23.9 Å². The number of benzene rings is 2. The van der Waals surface area contributed by atoms with Crippen LogP contribution in [-0.4, -0.2) is 54.4 Å². The van der Waals surface area contributed by atoms with Crippen LogP contribution in [0.3, 0.4) is 0 Å². The molecule has 0 fully saturated rings. The van der Waals surface area contributed by atoms with Gasteiger partial charge in [-0.2, -0.15) is 18.3 Å². The van der Waals surface area contributed by atoms with E-state index in [1.54, 1.807) is 6.07 Å². The topological polar surface area (TPSA) is 82.9 Å². The molecule has 3 rings (SSSR count). The summed E-state index contributed by atoms with van der Waals surface area (Å²) in [6.45, 7) is -0.599. The number of halogens is 4. The predicted octanol–water partition coefficient (Wildman–Crippen LogP) is 3.86. The summed E-state index contributed by atoms with van der Waals surface area (Å²) >= 11 is 0. The van der Waals surface area contributed by atoms with Gasteiger partial charge in [-0.1, -0.05) is 12.1 Å². The monoisotopic (exact) mass is 495 g/mol. The molecule has 3 aromatic rings. The SMILES string of the molecule is COc1ccc(CN(C)C(=O)COC(=O)c2nn(-c3cccc(C(F)(F)F)c3)cc2OC)cc1F. The van der Waals surface area contributed by atoms with Crippen LogP contribution in [0, 0.1) is 5.82 Å². The number of likely N-dealkylation sites (N-methyl/N-ethyl adjacent to an activating group) is 1. The van der Waals surface area contributed by atoms with E-state index in [1.165, 1.54) is 56.6 Å². The fraction of sp³-hybridized carbons (Fsp3) is 0.261. The average molecular weight is 495 g/mol. The molecule has 1 amide bonds. The fourth-order valence-electron chi connectivity index (χ4n) is 3.08. The van der Waals surface area contributed by atoms with Crippen LogP contribution in [0.25, 0.3) is 5.69 Å². The van der Waals surface area contributed by atoms with Gasteiger partial charge in [0, 0.05) is 13.6 Å². The normalized spacial score (nSPS) is 11.2. The van der Waals surface area contributed by atoms with Gasteiger partial charge in [0.25, 0.3) is 5.91 Å². The van der Waals surface area contributed by atoms with Crippen molar-refractivity contribution in [1.82, 2.24) is 14.7 Å². The molecule has 0 aliphatic rings. The summed E-state index contributed by atoms with van der Waals surface area (Å²) in [7, 11) is 4.03. The molecule has 0 unspecified atom stereocenters. The number of ether oxygens (including phenoxy) is 3. The Hall–Kier alpha value is -4.09. The fourth-order valence-corrected chi connectivity index (χ4v) is 3.08. The molecule has 0 aliphatic heterocycles. The van der Waals surface area contributed by atoms with E-state index in [-0.39, 0.29) is 29.4 Å². The van der Waals surface area contributed by atoms with Crippen LogP contribution in [0.2, 0.25) is 0 Å². The number of hydrogen-bond donors (Lipinski definition) is 0. The molecule has 2 aromatic carbocycles. The first-order valence-corrected chi connectivity index (χ1v) is 10.1. The highest BCUT2D eigenvalue weighted by Crippen LogP contribution is 2.31. The number of amides is 1. The second kappa shape index (κ2) is 10.5. The number of rotatable bonds is 8. The average Bonchev–Trinajstić information content (AvgIpc) is 3.26. The molecule has 1 heterocycles. The zero-order valence-corrected chi connectivity index (χ0v) is 18.9. The van der Waals surface area contributed by atoms with Gasteiger partial charge in [0.2, 0.25) is 5.69 Å². The van der Waals surface area contributed by atoms with E-state index >= 15 is 0 Å². The number of carbonyl (C=O) groups is 2. The molecule has 0 saturated heterocycles. The van der Waals surface area contributed by atoms with Gasteiger partial charge in [-0.15, -0.1) is 0 Å². The highest BCUT2D eigenvalue weighted by molar-refractivity contribution is 5.92. The van der Waals surface area contributed by atoms with E-state index in [4.69, 9.17) is 14.2 Å². The summed E-state index contributed by atoms with van der Waals surface area (Å²) in [5.41, 5.74) is -0.678. The number of esters is 1. The maximum absolute atomic E-state index is 13.8. The molecule has 0 atom stereocenters. The third-order valence-corrected chi connectivity index (χ3v) is 4.92. The summed E-state index contributed by atoms with van der Waals surface area (Å²) < 4.78 is 68.9. The maximum atomic E-state index is 13.8. The van der Waals surface area contributed by atoms with Crippen LogP contribution in [0.4, 0.5) is 17.6 Å². The molecular formula is C23H21F4N3O5. The number of aromatic nitrogens is 2. The lowest BCUT2D eigenvalue weighted by Crippen LogP contribution is -2.31. The molecule has 0 aliphatic carbocycles. The maximum Gasteiger partial charge on any atom is 0.416 e. The van der Waals surface area contributed by atoms with E-state index in [0.717, 1.165) is 16.8 Å². The first-order chi connectivity index (χ1) is 16.5. The quantitative estimate of drug-likeness (QED) is 0.349. The Morgan fingerprint density at radius 3 is 2.40 bits per heavy atom. The standard InChI is InChI=1S/C23H21F4N3O5/c1-29(11-14-7-8-18(33-2)17(24)9-14)20(31)13-35-22(32)21-19(34-3)12-30(28-21)16-6-4-5-15(10-16)23(25,26)27/h4-10,12H,11,13H2,1-3H3. The van der Waals surface area contributed by atoms with Gasteiger partial charge in [-0.3, -0.25) is 4.79 Å².